The van der Waals surface area contributed by atoms with E-state index in [4.69, 9.17) is 4.42 Å². The van der Waals surface area contributed by atoms with Crippen LogP contribution in [0, 0.1) is 0 Å². The summed E-state index contributed by atoms with van der Waals surface area (Å²) < 4.78 is 12.0. The summed E-state index contributed by atoms with van der Waals surface area (Å²) >= 11 is 0. The van der Waals surface area contributed by atoms with Gasteiger partial charge in [-0.25, -0.2) is 4.79 Å². The molecule has 1 aromatic carbocycles. The molecule has 0 atom stereocenters. The largest absolute Gasteiger partial charge is 0.462 e. The highest BCUT2D eigenvalue weighted by molar-refractivity contribution is 5.92. The maximum absolute atomic E-state index is 12.6. The Morgan fingerprint density at radius 2 is 2.10 bits per heavy atom. The van der Waals surface area contributed by atoms with Crippen molar-refractivity contribution in [3.8, 4) is 0 Å². The van der Waals surface area contributed by atoms with Crippen LogP contribution in [0.5, 0.6) is 0 Å². The minimum absolute atomic E-state index is 0.00242. The molecule has 0 bridgehead atoms. The third-order valence-corrected chi connectivity index (χ3v) is 4.68. The van der Waals surface area contributed by atoms with Crippen molar-refractivity contribution in [2.75, 3.05) is 18.6 Å². The van der Waals surface area contributed by atoms with Crippen molar-refractivity contribution in [3.05, 3.63) is 54.6 Å². The van der Waals surface area contributed by atoms with Crippen molar-refractivity contribution < 1.29 is 18.7 Å². The third kappa shape index (κ3) is 4.53. The fraction of sp³-hybridized carbons (Fsp3) is 0.333. The lowest BCUT2D eigenvalue weighted by Gasteiger charge is -2.17. The van der Waals surface area contributed by atoms with Gasteiger partial charge in [0.15, 0.2) is 0 Å². The number of esters is 1. The Balaban J connectivity index is 1.74. The standard InChI is InChI=1S/C21H24N4O4/c1-4-5-12-18(26)25(21-23-22-19(29-21)20(27)28-3)13-8-9-15-14-24(2)17-11-7-6-10-16(15)17/h4,6-7,10-11,14H,1,5,8-9,12-13H2,2-3H3. The average molecular weight is 396 g/mol. The quantitative estimate of drug-likeness (QED) is 0.407. The number of carbonyl (C=O) groups is 2. The molecule has 29 heavy (non-hydrogen) atoms. The fourth-order valence-electron chi connectivity index (χ4n) is 3.23. The van der Waals surface area contributed by atoms with Crippen LogP contribution in [0.3, 0.4) is 0 Å². The number of para-hydroxylation sites is 1. The summed E-state index contributed by atoms with van der Waals surface area (Å²) in [6.07, 6.45) is 6.08. The van der Waals surface area contributed by atoms with Gasteiger partial charge < -0.3 is 13.7 Å². The van der Waals surface area contributed by atoms with Gasteiger partial charge in [0.2, 0.25) is 5.91 Å². The molecule has 8 heteroatoms. The molecule has 0 saturated heterocycles. The maximum Gasteiger partial charge on any atom is 0.396 e. The van der Waals surface area contributed by atoms with Crippen LogP contribution in [0.1, 0.15) is 35.5 Å². The van der Waals surface area contributed by atoms with E-state index < -0.39 is 5.97 Å². The fourth-order valence-corrected chi connectivity index (χ4v) is 3.23. The van der Waals surface area contributed by atoms with Crippen LogP contribution in [-0.4, -0.2) is 40.3 Å². The summed E-state index contributed by atoms with van der Waals surface area (Å²) in [6.45, 7) is 4.04. The molecule has 3 aromatic rings. The van der Waals surface area contributed by atoms with Crippen LogP contribution in [0.25, 0.3) is 10.9 Å². The predicted molar refractivity (Wildman–Crippen MR) is 109 cm³/mol. The smallest absolute Gasteiger partial charge is 0.396 e. The first-order valence-electron chi connectivity index (χ1n) is 9.41. The number of hydrogen-bond donors (Lipinski definition) is 0. The van der Waals surface area contributed by atoms with Crippen LogP contribution < -0.4 is 4.90 Å². The summed E-state index contributed by atoms with van der Waals surface area (Å²) in [4.78, 5) is 25.6. The normalized spacial score (nSPS) is 10.8. The molecule has 2 aromatic heterocycles. The zero-order valence-electron chi connectivity index (χ0n) is 16.6. The summed E-state index contributed by atoms with van der Waals surface area (Å²) in [5, 5.41) is 8.72. The highest BCUT2D eigenvalue weighted by Gasteiger charge is 2.23. The molecule has 0 aliphatic carbocycles. The number of anilines is 1. The van der Waals surface area contributed by atoms with Gasteiger partial charge >= 0.3 is 17.9 Å². The molecule has 1 amide bonds. The van der Waals surface area contributed by atoms with E-state index in [1.165, 1.54) is 28.5 Å². The van der Waals surface area contributed by atoms with Crippen LogP contribution in [0.2, 0.25) is 0 Å². The summed E-state index contributed by atoms with van der Waals surface area (Å²) in [7, 11) is 3.24. The van der Waals surface area contributed by atoms with E-state index in [9.17, 15) is 9.59 Å². The maximum atomic E-state index is 12.6. The molecule has 152 valence electrons. The van der Waals surface area contributed by atoms with Crippen LogP contribution in [0.4, 0.5) is 6.01 Å². The Hall–Kier alpha value is -3.42. The molecule has 0 unspecified atom stereocenters. The van der Waals surface area contributed by atoms with E-state index in [0.717, 1.165) is 6.42 Å². The second-order valence-electron chi connectivity index (χ2n) is 6.64. The Kier molecular flexibility index (Phi) is 6.43. The molecule has 0 spiro atoms. The van der Waals surface area contributed by atoms with Gasteiger partial charge in [-0.3, -0.25) is 9.69 Å². The number of methoxy groups -OCH3 is 1. The van der Waals surface area contributed by atoms with Gasteiger partial charge in [-0.2, -0.15) is 0 Å². The summed E-state index contributed by atoms with van der Waals surface area (Å²) in [5.41, 5.74) is 2.38. The van der Waals surface area contributed by atoms with E-state index >= 15 is 0 Å². The lowest BCUT2D eigenvalue weighted by molar-refractivity contribution is -0.118. The topological polar surface area (TPSA) is 90.5 Å². The van der Waals surface area contributed by atoms with Crippen LogP contribution >= 0.6 is 0 Å². The SMILES string of the molecule is C=CCCC(=O)N(CCCc1cn(C)c2ccccc12)c1nnc(C(=O)OC)o1. The number of fused-ring (bicyclic) bond motifs is 1. The number of allylic oxidation sites excluding steroid dienone is 1. The number of benzene rings is 1. The Labute approximate surface area is 168 Å². The zero-order valence-corrected chi connectivity index (χ0v) is 16.6. The minimum atomic E-state index is -0.738. The van der Waals surface area contributed by atoms with Gasteiger partial charge in [-0.15, -0.1) is 6.58 Å². The molecule has 0 aliphatic rings. The number of nitrogens with zero attached hydrogens (tertiary/aromatic N) is 4. The van der Waals surface area contributed by atoms with Gasteiger partial charge in [0.1, 0.15) is 0 Å². The van der Waals surface area contributed by atoms with Gasteiger partial charge in [0.05, 0.1) is 7.11 Å². The van der Waals surface area contributed by atoms with Crippen molar-refractivity contribution >= 4 is 28.8 Å². The summed E-state index contributed by atoms with van der Waals surface area (Å²) in [5.74, 6) is -1.18. The molecule has 0 N–H and O–H groups in total. The van der Waals surface area contributed by atoms with Crippen molar-refractivity contribution in [1.82, 2.24) is 14.8 Å². The van der Waals surface area contributed by atoms with Crippen molar-refractivity contribution in [1.29, 1.82) is 0 Å². The molecule has 0 aliphatic heterocycles. The number of aromatic nitrogens is 3. The highest BCUT2D eigenvalue weighted by atomic mass is 16.5. The lowest BCUT2D eigenvalue weighted by Crippen LogP contribution is -2.32. The number of hydrogen-bond acceptors (Lipinski definition) is 6. The second-order valence-corrected chi connectivity index (χ2v) is 6.64. The molecule has 2 heterocycles. The van der Waals surface area contributed by atoms with Crippen LogP contribution in [0.15, 0.2) is 47.5 Å². The van der Waals surface area contributed by atoms with E-state index in [-0.39, 0.29) is 24.2 Å². The molecule has 0 radical (unpaired) electrons. The van der Waals surface area contributed by atoms with Crippen molar-refractivity contribution in [2.24, 2.45) is 7.05 Å². The highest BCUT2D eigenvalue weighted by Crippen LogP contribution is 2.22. The predicted octanol–water partition coefficient (Wildman–Crippen LogP) is 3.28. The zero-order chi connectivity index (χ0) is 20.8. The van der Waals surface area contributed by atoms with E-state index in [0.29, 0.717) is 19.4 Å². The van der Waals surface area contributed by atoms with Gasteiger partial charge in [0, 0.05) is 37.1 Å². The monoisotopic (exact) mass is 396 g/mol. The molecule has 8 nitrogen and oxygen atoms in total. The third-order valence-electron chi connectivity index (χ3n) is 4.68. The first kappa shape index (κ1) is 20.3. The molecular formula is C21H24N4O4. The van der Waals surface area contributed by atoms with E-state index in [1.807, 2.05) is 19.2 Å². The molecule has 0 saturated carbocycles. The van der Waals surface area contributed by atoms with Crippen molar-refractivity contribution in [3.63, 3.8) is 0 Å². The number of ether oxygens (including phenoxy) is 1. The Morgan fingerprint density at radius 3 is 2.86 bits per heavy atom. The van der Waals surface area contributed by atoms with Gasteiger partial charge in [-0.05, 0) is 30.9 Å². The lowest BCUT2D eigenvalue weighted by atomic mass is 10.1. The number of aryl methyl sites for hydroxylation is 2. The average Bonchev–Trinajstić information content (AvgIpc) is 3.34. The van der Waals surface area contributed by atoms with E-state index in [1.54, 1.807) is 6.08 Å². The van der Waals surface area contributed by atoms with Crippen molar-refractivity contribution in [2.45, 2.75) is 25.7 Å². The first-order valence-corrected chi connectivity index (χ1v) is 9.41. The Morgan fingerprint density at radius 1 is 1.31 bits per heavy atom. The van der Waals surface area contributed by atoms with Gasteiger partial charge in [-0.1, -0.05) is 34.5 Å². The van der Waals surface area contributed by atoms with Gasteiger partial charge in [0.25, 0.3) is 0 Å². The first-order chi connectivity index (χ1) is 14.0. The second kappa shape index (κ2) is 9.18. The van der Waals surface area contributed by atoms with Crippen LogP contribution in [-0.2, 0) is 23.0 Å². The minimum Gasteiger partial charge on any atom is -0.462 e. The number of carbonyl (C=O) groups excluding carboxylic acids is 2. The van der Waals surface area contributed by atoms with E-state index in [2.05, 4.69) is 44.4 Å². The molecular weight excluding hydrogens is 372 g/mol. The molecule has 0 fully saturated rings. The number of amides is 1. The summed E-state index contributed by atoms with van der Waals surface area (Å²) in [6, 6.07) is 8.21. The Bertz CT molecular complexity index is 1020. The number of rotatable bonds is 9. The molecule has 3 rings (SSSR count).